The van der Waals surface area contributed by atoms with E-state index in [4.69, 9.17) is 0 Å². The minimum atomic E-state index is -4.16. The molecule has 12 unspecified atom stereocenters. The molecule has 4 aliphatic carbocycles. The van der Waals surface area contributed by atoms with E-state index in [1.165, 1.54) is 6.42 Å². The Morgan fingerprint density at radius 3 is 2.25 bits per heavy atom. The number of amides is 1. The third kappa shape index (κ3) is 6.30. The average molecular weight is 584 g/mol. The van der Waals surface area contributed by atoms with Crippen molar-refractivity contribution < 1.29 is 28.0 Å². The number of fused-ring (bicyclic) bond motifs is 5. The molecule has 0 bridgehead atoms. The van der Waals surface area contributed by atoms with Crippen molar-refractivity contribution in [1.29, 1.82) is 0 Å². The van der Waals surface area contributed by atoms with Crippen LogP contribution in [0.25, 0.3) is 0 Å². The van der Waals surface area contributed by atoms with Crippen molar-refractivity contribution in [3.05, 3.63) is 0 Å². The maximum Gasteiger partial charge on any atom is 0.266 e. The molecule has 0 heterocycles. The van der Waals surface area contributed by atoms with Crippen LogP contribution >= 0.6 is 0 Å². The number of hydrogen-bond acceptors (Lipinski definition) is 5. The highest BCUT2D eigenvalue weighted by atomic mass is 32.2. The van der Waals surface area contributed by atoms with Crippen LogP contribution in [0.4, 0.5) is 0 Å². The first-order valence-electron chi connectivity index (χ1n) is 16.2. The minimum Gasteiger partial charge on any atom is -0.393 e. The van der Waals surface area contributed by atoms with Gasteiger partial charge in [-0.3, -0.25) is 9.35 Å². The molecule has 40 heavy (non-hydrogen) atoms. The lowest BCUT2D eigenvalue weighted by Crippen LogP contribution is -2.62. The van der Waals surface area contributed by atoms with Gasteiger partial charge in [0, 0.05) is 12.5 Å². The third-order valence-corrected chi connectivity index (χ3v) is 13.3. The van der Waals surface area contributed by atoms with E-state index in [0.29, 0.717) is 48.3 Å². The molecule has 1 amide bonds. The van der Waals surface area contributed by atoms with Crippen molar-refractivity contribution in [3.63, 3.8) is 0 Å². The molecule has 0 saturated heterocycles. The molecule has 0 aromatic carbocycles. The molecule has 4 rings (SSSR count). The molecule has 4 N–H and O–H groups in total. The highest BCUT2D eigenvalue weighted by Crippen LogP contribution is 2.69. The van der Waals surface area contributed by atoms with Crippen molar-refractivity contribution in [1.82, 2.24) is 5.32 Å². The number of hydrogen-bond donors (Lipinski definition) is 4. The van der Waals surface area contributed by atoms with Crippen LogP contribution in [-0.4, -0.2) is 53.1 Å². The van der Waals surface area contributed by atoms with Crippen molar-refractivity contribution in [2.45, 2.75) is 130 Å². The fraction of sp³-hybridized carbons (Fsp3) is 0.969. The van der Waals surface area contributed by atoms with Gasteiger partial charge in [0.1, 0.15) is 0 Å². The highest BCUT2D eigenvalue weighted by Gasteiger charge is 2.64. The summed E-state index contributed by atoms with van der Waals surface area (Å²) in [6, 6.07) is -0.577. The second-order valence-corrected chi connectivity index (χ2v) is 16.8. The maximum atomic E-state index is 12.9. The van der Waals surface area contributed by atoms with Gasteiger partial charge >= 0.3 is 0 Å². The third-order valence-electron chi connectivity index (χ3n) is 12.5. The standard InChI is InChI=1S/C32H57NO6S/c1-7-23-27-17-22(34)12-14-32(27,6)26-13-15-31(5)24(9-10-25(31)29(26)30(23)36)20(4)8-11-28(35)33-21(16-19(2)3)18-40(37,38)39/h19-27,29-30,34,36H,7-18H2,1-6H3,(H,33,35)(H,37,38,39). The Bertz CT molecular complexity index is 1000. The summed E-state index contributed by atoms with van der Waals surface area (Å²) in [5.41, 5.74) is 0.348. The summed E-state index contributed by atoms with van der Waals surface area (Å²) in [6.45, 7) is 13.4. The number of aliphatic hydroxyl groups is 2. The number of carbonyl (C=O) groups excluding carboxylic acids is 1. The zero-order chi connectivity index (χ0) is 29.6. The Morgan fingerprint density at radius 1 is 0.975 bits per heavy atom. The van der Waals surface area contributed by atoms with Crippen LogP contribution in [0.5, 0.6) is 0 Å². The fourth-order valence-corrected chi connectivity index (χ4v) is 11.5. The fourth-order valence-electron chi connectivity index (χ4n) is 10.8. The summed E-state index contributed by atoms with van der Waals surface area (Å²) < 4.78 is 32.3. The Balaban J connectivity index is 1.43. The maximum absolute atomic E-state index is 12.9. The summed E-state index contributed by atoms with van der Waals surface area (Å²) in [5, 5.41) is 25.3. The first-order valence-corrected chi connectivity index (χ1v) is 17.8. The molecule has 4 fully saturated rings. The quantitative estimate of drug-likeness (QED) is 0.254. The first kappa shape index (κ1) is 32.2. The van der Waals surface area contributed by atoms with Gasteiger partial charge in [0.25, 0.3) is 10.1 Å². The van der Waals surface area contributed by atoms with Gasteiger partial charge < -0.3 is 15.5 Å². The molecule has 0 aromatic rings. The zero-order valence-corrected chi connectivity index (χ0v) is 26.6. The molecule has 4 saturated carbocycles. The first-order chi connectivity index (χ1) is 18.6. The highest BCUT2D eigenvalue weighted by molar-refractivity contribution is 7.85. The van der Waals surface area contributed by atoms with E-state index in [-0.39, 0.29) is 40.8 Å². The van der Waals surface area contributed by atoms with Crippen LogP contribution in [0.2, 0.25) is 0 Å². The van der Waals surface area contributed by atoms with Crippen LogP contribution in [-0.2, 0) is 14.9 Å². The number of carbonyl (C=O) groups is 1. The van der Waals surface area contributed by atoms with E-state index in [0.717, 1.165) is 51.4 Å². The van der Waals surface area contributed by atoms with Gasteiger partial charge in [-0.15, -0.1) is 0 Å². The SMILES string of the molecule is CCC1C(O)C2C3CCC(C(C)CCC(=O)NC(CC(C)C)CS(=O)(=O)O)C3(C)CCC2C2(C)CCC(O)CC12. The molecule has 0 radical (unpaired) electrons. The number of aliphatic hydroxyl groups excluding tert-OH is 2. The number of nitrogens with one attached hydrogen (secondary N) is 1. The van der Waals surface area contributed by atoms with Crippen LogP contribution < -0.4 is 5.32 Å². The van der Waals surface area contributed by atoms with E-state index < -0.39 is 21.9 Å². The van der Waals surface area contributed by atoms with Crippen LogP contribution in [0.1, 0.15) is 112 Å². The Kier molecular flexibility index (Phi) is 9.76. The minimum absolute atomic E-state index is 0.142. The molecule has 0 aromatic heterocycles. The Labute approximate surface area is 243 Å². The summed E-state index contributed by atoms with van der Waals surface area (Å²) >= 11 is 0. The largest absolute Gasteiger partial charge is 0.393 e. The molecule has 4 aliphatic rings. The lowest BCUT2D eigenvalue weighted by Gasteiger charge is -2.64. The van der Waals surface area contributed by atoms with Gasteiger partial charge in [0.05, 0.1) is 18.0 Å². The Morgan fingerprint density at radius 2 is 1.62 bits per heavy atom. The summed E-state index contributed by atoms with van der Waals surface area (Å²) in [7, 11) is -4.16. The molecule has 7 nitrogen and oxygen atoms in total. The predicted molar refractivity (Wildman–Crippen MR) is 158 cm³/mol. The van der Waals surface area contributed by atoms with Crippen molar-refractivity contribution in [2.24, 2.45) is 58.2 Å². The molecular formula is C32H57NO6S. The van der Waals surface area contributed by atoms with Gasteiger partial charge in [-0.1, -0.05) is 48.0 Å². The normalized spacial score (nSPS) is 43.0. The molecule has 8 heteroatoms. The number of rotatable bonds is 10. The van der Waals surface area contributed by atoms with Crippen molar-refractivity contribution >= 4 is 16.0 Å². The molecule has 232 valence electrons. The molecule has 0 spiro atoms. The summed E-state index contributed by atoms with van der Waals surface area (Å²) in [5.74, 6) is 2.45. The summed E-state index contributed by atoms with van der Waals surface area (Å²) in [4.78, 5) is 12.9. The second-order valence-electron chi connectivity index (χ2n) is 15.3. The predicted octanol–water partition coefficient (Wildman–Crippen LogP) is 5.45. The van der Waals surface area contributed by atoms with Gasteiger partial charge in [-0.2, -0.15) is 8.42 Å². The summed E-state index contributed by atoms with van der Waals surface area (Å²) in [6.07, 6.45) is 9.41. The second kappa shape index (κ2) is 12.1. The van der Waals surface area contributed by atoms with Crippen LogP contribution in [0.3, 0.4) is 0 Å². The lowest BCUT2D eigenvalue weighted by molar-refractivity contribution is -0.203. The Hall–Kier alpha value is -0.700. The average Bonchev–Trinajstić information content (AvgIpc) is 3.19. The van der Waals surface area contributed by atoms with E-state index in [1.807, 2.05) is 13.8 Å². The van der Waals surface area contributed by atoms with Gasteiger partial charge in [-0.25, -0.2) is 0 Å². The van der Waals surface area contributed by atoms with Crippen molar-refractivity contribution in [3.8, 4) is 0 Å². The van der Waals surface area contributed by atoms with E-state index >= 15 is 0 Å². The topological polar surface area (TPSA) is 124 Å². The molecule has 12 atom stereocenters. The molecular weight excluding hydrogens is 526 g/mol. The lowest BCUT2D eigenvalue weighted by atomic mass is 9.41. The smallest absolute Gasteiger partial charge is 0.266 e. The van der Waals surface area contributed by atoms with Crippen molar-refractivity contribution in [2.75, 3.05) is 5.75 Å². The monoisotopic (exact) mass is 583 g/mol. The molecule has 0 aliphatic heterocycles. The van der Waals surface area contributed by atoms with Crippen LogP contribution in [0, 0.1) is 58.2 Å². The van der Waals surface area contributed by atoms with E-state index in [1.54, 1.807) is 0 Å². The van der Waals surface area contributed by atoms with Gasteiger partial charge in [-0.05, 0) is 116 Å². The van der Waals surface area contributed by atoms with E-state index in [9.17, 15) is 28.0 Å². The van der Waals surface area contributed by atoms with Crippen LogP contribution in [0.15, 0.2) is 0 Å². The van der Waals surface area contributed by atoms with Gasteiger partial charge in [0.15, 0.2) is 0 Å². The zero-order valence-electron chi connectivity index (χ0n) is 25.8. The van der Waals surface area contributed by atoms with Gasteiger partial charge in [0.2, 0.25) is 5.91 Å². The van der Waals surface area contributed by atoms with E-state index in [2.05, 4.69) is 33.0 Å².